The standard InChI is InChI=1S/C23H20N6O4S/c30-21(24-12-16-2-1-9-33-16)19-18-17-20(25-13-26-22(17)34-19)29(23(31)27-18)15-5-3-14(4-6-15)28-7-10-32-11-8-28/h1-6,9,13H,7-8,10-12H2,(H,24,30)(H,27,31). The summed E-state index contributed by atoms with van der Waals surface area (Å²) in [5, 5.41) is 6.35. The van der Waals surface area contributed by atoms with Crippen LogP contribution in [0.25, 0.3) is 10.2 Å². The maximum absolute atomic E-state index is 13.2. The van der Waals surface area contributed by atoms with E-state index in [1.165, 1.54) is 22.6 Å². The van der Waals surface area contributed by atoms with Gasteiger partial charge in [0.25, 0.3) is 5.91 Å². The van der Waals surface area contributed by atoms with Gasteiger partial charge in [0.15, 0.2) is 5.82 Å². The largest absolute Gasteiger partial charge is 0.467 e. The molecule has 1 aromatic carbocycles. The Labute approximate surface area is 198 Å². The Kier molecular flexibility index (Phi) is 5.12. The summed E-state index contributed by atoms with van der Waals surface area (Å²) in [6.07, 6.45) is 2.96. The molecular formula is C23H20N6O4S. The first kappa shape index (κ1) is 20.6. The van der Waals surface area contributed by atoms with Crippen LogP contribution in [0.3, 0.4) is 0 Å². The molecule has 2 aliphatic heterocycles. The lowest BCUT2D eigenvalue weighted by Crippen LogP contribution is -2.36. The van der Waals surface area contributed by atoms with Gasteiger partial charge in [0.05, 0.1) is 42.8 Å². The Morgan fingerprint density at radius 2 is 1.91 bits per heavy atom. The Balaban J connectivity index is 1.32. The zero-order valence-corrected chi connectivity index (χ0v) is 18.8. The quantitative estimate of drug-likeness (QED) is 0.451. The van der Waals surface area contributed by atoms with Crippen molar-refractivity contribution in [1.29, 1.82) is 0 Å². The normalized spacial score (nSPS) is 15.5. The molecule has 4 aromatic rings. The molecule has 11 heteroatoms. The molecule has 172 valence electrons. The fourth-order valence-corrected chi connectivity index (χ4v) is 5.17. The van der Waals surface area contributed by atoms with Crippen LogP contribution in [0.2, 0.25) is 0 Å². The van der Waals surface area contributed by atoms with Crippen LogP contribution in [0.1, 0.15) is 15.4 Å². The highest BCUT2D eigenvalue weighted by molar-refractivity contribution is 7.21. The lowest BCUT2D eigenvalue weighted by molar-refractivity contribution is 0.0953. The van der Waals surface area contributed by atoms with Crippen molar-refractivity contribution in [3.05, 3.63) is 59.6 Å². The average molecular weight is 477 g/mol. The monoisotopic (exact) mass is 476 g/mol. The lowest BCUT2D eigenvalue weighted by Gasteiger charge is -2.30. The van der Waals surface area contributed by atoms with Crippen molar-refractivity contribution in [1.82, 2.24) is 15.3 Å². The third-order valence-electron chi connectivity index (χ3n) is 5.81. The van der Waals surface area contributed by atoms with Gasteiger partial charge in [-0.15, -0.1) is 11.3 Å². The zero-order chi connectivity index (χ0) is 23.1. The first-order valence-corrected chi connectivity index (χ1v) is 11.6. The van der Waals surface area contributed by atoms with Crippen LogP contribution in [0, 0.1) is 0 Å². The number of nitrogens with one attached hydrogen (secondary N) is 2. The molecule has 2 N–H and O–H groups in total. The molecule has 10 nitrogen and oxygen atoms in total. The summed E-state index contributed by atoms with van der Waals surface area (Å²) in [5.41, 5.74) is 2.18. The van der Waals surface area contributed by atoms with Crippen molar-refractivity contribution in [2.24, 2.45) is 0 Å². The van der Waals surface area contributed by atoms with Gasteiger partial charge in [-0.2, -0.15) is 0 Å². The van der Waals surface area contributed by atoms with E-state index in [4.69, 9.17) is 9.15 Å². The summed E-state index contributed by atoms with van der Waals surface area (Å²) >= 11 is 1.21. The van der Waals surface area contributed by atoms with Gasteiger partial charge < -0.3 is 24.7 Å². The Bertz CT molecular complexity index is 1360. The van der Waals surface area contributed by atoms with E-state index in [2.05, 4.69) is 25.5 Å². The van der Waals surface area contributed by atoms with Gasteiger partial charge >= 0.3 is 6.03 Å². The number of morpholine rings is 1. The molecule has 0 atom stereocenters. The zero-order valence-electron chi connectivity index (χ0n) is 18.0. The number of aromatic nitrogens is 2. The number of rotatable bonds is 5. The van der Waals surface area contributed by atoms with E-state index in [0.717, 1.165) is 18.8 Å². The SMILES string of the molecule is O=C(NCc1ccco1)c1sc2ncnc3c2c1NC(=O)N3c1ccc(N2CCOCC2)cc1. The minimum Gasteiger partial charge on any atom is -0.467 e. The fourth-order valence-electron chi connectivity index (χ4n) is 4.16. The number of nitrogens with zero attached hydrogens (tertiary/aromatic N) is 4. The molecule has 2 aliphatic rings. The lowest BCUT2D eigenvalue weighted by atomic mass is 10.2. The molecule has 1 fully saturated rings. The minimum atomic E-state index is -0.384. The van der Waals surface area contributed by atoms with Gasteiger partial charge in [-0.3, -0.25) is 4.79 Å². The van der Waals surface area contributed by atoms with Crippen LogP contribution in [-0.2, 0) is 11.3 Å². The third kappa shape index (κ3) is 3.55. The van der Waals surface area contributed by atoms with Crippen molar-refractivity contribution in [2.45, 2.75) is 6.54 Å². The Morgan fingerprint density at radius 3 is 2.68 bits per heavy atom. The topological polar surface area (TPSA) is 113 Å². The van der Waals surface area contributed by atoms with Gasteiger partial charge in [0.1, 0.15) is 21.8 Å². The van der Waals surface area contributed by atoms with E-state index in [1.54, 1.807) is 18.4 Å². The number of amides is 3. The number of hydrogen-bond acceptors (Lipinski definition) is 8. The summed E-state index contributed by atoms with van der Waals surface area (Å²) in [6.45, 7) is 3.31. The molecule has 0 saturated carbocycles. The number of urea groups is 1. The Morgan fingerprint density at radius 1 is 1.12 bits per heavy atom. The van der Waals surface area contributed by atoms with Gasteiger partial charge in [0, 0.05) is 18.8 Å². The first-order valence-electron chi connectivity index (χ1n) is 10.8. The second-order valence-electron chi connectivity index (χ2n) is 7.83. The van der Waals surface area contributed by atoms with E-state index in [-0.39, 0.29) is 18.5 Å². The highest BCUT2D eigenvalue weighted by Crippen LogP contribution is 2.44. The van der Waals surface area contributed by atoms with Crippen molar-refractivity contribution in [2.75, 3.05) is 41.4 Å². The Hall–Kier alpha value is -3.96. The fraction of sp³-hybridized carbons (Fsp3) is 0.217. The molecule has 1 saturated heterocycles. The van der Waals surface area contributed by atoms with Crippen molar-refractivity contribution in [3.63, 3.8) is 0 Å². The van der Waals surface area contributed by atoms with E-state index >= 15 is 0 Å². The number of anilines is 4. The van der Waals surface area contributed by atoms with E-state index in [1.807, 2.05) is 24.3 Å². The van der Waals surface area contributed by atoms with Crippen LogP contribution in [0.4, 0.5) is 27.7 Å². The summed E-state index contributed by atoms with van der Waals surface area (Å²) in [6, 6.07) is 10.9. The van der Waals surface area contributed by atoms with Crippen molar-refractivity contribution in [3.8, 4) is 0 Å². The molecule has 0 aliphatic carbocycles. The molecular weight excluding hydrogens is 456 g/mol. The number of thiophene rings is 1. The smallest absolute Gasteiger partial charge is 0.332 e. The summed E-state index contributed by atoms with van der Waals surface area (Å²) < 4.78 is 10.7. The van der Waals surface area contributed by atoms with E-state index in [9.17, 15) is 9.59 Å². The summed E-state index contributed by atoms with van der Waals surface area (Å²) in [4.78, 5) is 39.6. The van der Waals surface area contributed by atoms with Crippen LogP contribution in [-0.4, -0.2) is 48.2 Å². The predicted octanol–water partition coefficient (Wildman–Crippen LogP) is 3.73. The number of carbonyl (C=O) groups excluding carboxylic acids is 2. The van der Waals surface area contributed by atoms with E-state index < -0.39 is 0 Å². The van der Waals surface area contributed by atoms with E-state index in [0.29, 0.717) is 51.3 Å². The predicted molar refractivity (Wildman–Crippen MR) is 128 cm³/mol. The van der Waals surface area contributed by atoms with Gasteiger partial charge in [0.2, 0.25) is 0 Å². The minimum absolute atomic E-state index is 0.244. The number of furan rings is 1. The van der Waals surface area contributed by atoms with Gasteiger partial charge in [-0.25, -0.2) is 19.7 Å². The highest BCUT2D eigenvalue weighted by atomic mass is 32.1. The summed E-state index contributed by atoms with van der Waals surface area (Å²) in [5.74, 6) is 0.771. The van der Waals surface area contributed by atoms with Crippen LogP contribution >= 0.6 is 11.3 Å². The van der Waals surface area contributed by atoms with Crippen LogP contribution < -0.4 is 20.4 Å². The van der Waals surface area contributed by atoms with Crippen LogP contribution in [0.5, 0.6) is 0 Å². The number of ether oxygens (including phenoxy) is 1. The maximum atomic E-state index is 13.2. The van der Waals surface area contributed by atoms with Crippen LogP contribution in [0.15, 0.2) is 53.4 Å². The molecule has 5 heterocycles. The molecule has 0 spiro atoms. The number of benzene rings is 1. The second-order valence-corrected chi connectivity index (χ2v) is 8.83. The third-order valence-corrected chi connectivity index (χ3v) is 6.91. The maximum Gasteiger partial charge on any atom is 0.332 e. The van der Waals surface area contributed by atoms with Gasteiger partial charge in [-0.1, -0.05) is 0 Å². The second kappa shape index (κ2) is 8.43. The van der Waals surface area contributed by atoms with Gasteiger partial charge in [-0.05, 0) is 36.4 Å². The highest BCUT2D eigenvalue weighted by Gasteiger charge is 2.33. The van der Waals surface area contributed by atoms with Crippen molar-refractivity contribution < 1.29 is 18.7 Å². The molecule has 0 radical (unpaired) electrons. The molecule has 0 unspecified atom stereocenters. The molecule has 3 aromatic heterocycles. The average Bonchev–Trinajstić information content (AvgIpc) is 3.53. The molecule has 6 rings (SSSR count). The molecule has 3 amide bonds. The molecule has 34 heavy (non-hydrogen) atoms. The molecule has 0 bridgehead atoms. The van der Waals surface area contributed by atoms with Crippen molar-refractivity contribution >= 4 is 56.4 Å². The number of carbonyl (C=O) groups is 2. The summed E-state index contributed by atoms with van der Waals surface area (Å²) in [7, 11) is 0. The number of hydrogen-bond donors (Lipinski definition) is 2. The first-order chi connectivity index (χ1) is 16.7.